The van der Waals surface area contributed by atoms with E-state index in [1.165, 1.54) is 28.9 Å². The molecular weight excluding hydrogens is 469 g/mol. The van der Waals surface area contributed by atoms with Crippen LogP contribution in [-0.4, -0.2) is 62.6 Å². The molecule has 34 heavy (non-hydrogen) atoms. The summed E-state index contributed by atoms with van der Waals surface area (Å²) >= 11 is 0. The number of rotatable bonds is 6. The second-order valence-electron chi connectivity index (χ2n) is 7.23. The first-order chi connectivity index (χ1) is 15.3. The molecule has 1 aromatic carbocycles. The topological polar surface area (TPSA) is 138 Å². The number of aryl methyl sites for hydroxylation is 1. The van der Waals surface area contributed by atoms with Gasteiger partial charge >= 0.3 is 12.1 Å². The zero-order valence-corrected chi connectivity index (χ0v) is 18.4. The zero-order valence-electron chi connectivity index (χ0n) is 17.7. The summed E-state index contributed by atoms with van der Waals surface area (Å²) in [6, 6.07) is 7.00. The van der Waals surface area contributed by atoms with Crippen molar-refractivity contribution in [1.29, 1.82) is 0 Å². The minimum Gasteiger partial charge on any atom is -1.00 e. The van der Waals surface area contributed by atoms with Crippen LogP contribution >= 0.6 is 0 Å². The van der Waals surface area contributed by atoms with E-state index in [9.17, 15) is 14.0 Å². The first-order valence-electron chi connectivity index (χ1n) is 9.72. The lowest BCUT2D eigenvalue weighted by Crippen LogP contribution is -3.00. The Labute approximate surface area is 201 Å². The molecule has 3 aromatic rings. The van der Waals surface area contributed by atoms with Gasteiger partial charge in [0, 0.05) is 17.3 Å². The third-order valence-corrected chi connectivity index (χ3v) is 4.73. The Balaban J connectivity index is 0.00000204. The number of carbonyl (C=O) groups excluding carboxylic acids is 2. The SMILES string of the molecule is C.C[C@H](N)C(=O)OC[C@H]1CN(c2ccc(-c3ccc(-c4nnn(C)n4)nc3)c(F)c2)C(=O)O1.[Cl-]. The van der Waals surface area contributed by atoms with Crippen molar-refractivity contribution in [3.63, 3.8) is 0 Å². The zero-order chi connectivity index (χ0) is 22.8. The van der Waals surface area contributed by atoms with Gasteiger partial charge < -0.3 is 27.6 Å². The van der Waals surface area contributed by atoms with Crippen LogP contribution in [0.1, 0.15) is 14.4 Å². The number of amides is 1. The highest BCUT2D eigenvalue weighted by Gasteiger charge is 2.33. The summed E-state index contributed by atoms with van der Waals surface area (Å²) in [6.45, 7) is 1.49. The van der Waals surface area contributed by atoms with E-state index in [0.717, 1.165) is 0 Å². The average molecular weight is 493 g/mol. The number of hydrogen-bond donors (Lipinski definition) is 1. The molecule has 0 radical (unpaired) electrons. The van der Waals surface area contributed by atoms with E-state index in [1.54, 1.807) is 31.3 Å². The quantitative estimate of drug-likeness (QED) is 0.426. The number of nitrogens with zero attached hydrogens (tertiary/aromatic N) is 6. The molecule has 0 bridgehead atoms. The maximum absolute atomic E-state index is 14.9. The molecule has 2 N–H and O–H groups in total. The van der Waals surface area contributed by atoms with Gasteiger partial charge in [-0.2, -0.15) is 4.80 Å². The van der Waals surface area contributed by atoms with Crippen molar-refractivity contribution < 1.29 is 35.9 Å². The van der Waals surface area contributed by atoms with E-state index in [4.69, 9.17) is 15.2 Å². The van der Waals surface area contributed by atoms with Crippen LogP contribution in [0.25, 0.3) is 22.6 Å². The molecule has 2 aromatic heterocycles. The number of hydrogen-bond acceptors (Lipinski definition) is 9. The number of anilines is 1. The number of carbonyl (C=O) groups is 2. The molecule has 0 unspecified atom stereocenters. The van der Waals surface area contributed by atoms with E-state index >= 15 is 0 Å². The largest absolute Gasteiger partial charge is 1.00 e. The van der Waals surface area contributed by atoms with Crippen LogP contribution in [0, 0.1) is 5.82 Å². The average Bonchev–Trinajstić information content (AvgIpc) is 3.37. The van der Waals surface area contributed by atoms with E-state index in [-0.39, 0.29) is 33.0 Å². The third-order valence-electron chi connectivity index (χ3n) is 4.73. The Bertz CT molecular complexity index is 1160. The molecule has 1 fully saturated rings. The van der Waals surface area contributed by atoms with Crippen LogP contribution in [-0.2, 0) is 21.3 Å². The lowest BCUT2D eigenvalue weighted by Gasteiger charge is -2.14. The van der Waals surface area contributed by atoms with Crippen molar-refractivity contribution in [2.75, 3.05) is 18.1 Å². The number of tetrazole rings is 1. The highest BCUT2D eigenvalue weighted by atomic mass is 35.5. The van der Waals surface area contributed by atoms with Gasteiger partial charge in [-0.1, -0.05) is 13.5 Å². The molecule has 1 amide bonds. The van der Waals surface area contributed by atoms with Gasteiger partial charge in [0.2, 0.25) is 5.82 Å². The number of ether oxygens (including phenoxy) is 2. The maximum atomic E-state index is 14.9. The monoisotopic (exact) mass is 492 g/mol. The van der Waals surface area contributed by atoms with Gasteiger partial charge in [0.15, 0.2) is 6.10 Å². The van der Waals surface area contributed by atoms with Crippen LogP contribution in [0.2, 0.25) is 0 Å². The number of pyridine rings is 1. The molecule has 0 saturated carbocycles. The molecule has 182 valence electrons. The first kappa shape index (κ1) is 26.6. The third kappa shape index (κ3) is 5.64. The van der Waals surface area contributed by atoms with Gasteiger partial charge in [-0.25, -0.2) is 9.18 Å². The van der Waals surface area contributed by atoms with E-state index < -0.39 is 30.0 Å². The normalized spacial score (nSPS) is 15.7. The van der Waals surface area contributed by atoms with Gasteiger partial charge in [-0.05, 0) is 36.4 Å². The molecule has 0 aliphatic carbocycles. The molecule has 1 saturated heterocycles. The van der Waals surface area contributed by atoms with Gasteiger partial charge in [0.1, 0.15) is 24.2 Å². The lowest BCUT2D eigenvalue weighted by atomic mass is 10.1. The molecule has 11 nitrogen and oxygen atoms in total. The van der Waals surface area contributed by atoms with E-state index in [0.29, 0.717) is 28.3 Å². The number of aromatic nitrogens is 5. The highest BCUT2D eigenvalue weighted by Crippen LogP contribution is 2.29. The van der Waals surface area contributed by atoms with Crippen LogP contribution in [0.3, 0.4) is 0 Å². The molecule has 4 rings (SSSR count). The van der Waals surface area contributed by atoms with Gasteiger partial charge in [-0.15, -0.1) is 10.2 Å². The Morgan fingerprint density at radius 2 is 2.12 bits per heavy atom. The Kier molecular flexibility index (Phi) is 8.60. The van der Waals surface area contributed by atoms with Crippen LogP contribution in [0.15, 0.2) is 36.5 Å². The standard InChI is InChI=1S/C20H20FN7O4.CH4.ClH/c1-11(22)19(29)31-10-14-9-28(20(30)32-14)13-4-5-15(16(21)7-13)12-3-6-17(23-8-12)18-24-26-27(2)25-18;;/h3-8,11,14H,9-10,22H2,1-2H3;1H4;1H/p-1/t11-,14+;;/m0../s1. The summed E-state index contributed by atoms with van der Waals surface area (Å²) in [5.74, 6) is -0.762. The predicted molar refractivity (Wildman–Crippen MR) is 116 cm³/mol. The van der Waals surface area contributed by atoms with Crippen LogP contribution < -0.4 is 23.0 Å². The minimum absolute atomic E-state index is 0. The number of halogens is 2. The highest BCUT2D eigenvalue weighted by molar-refractivity contribution is 5.90. The summed E-state index contributed by atoms with van der Waals surface area (Å²) in [5, 5.41) is 11.7. The Morgan fingerprint density at radius 3 is 2.71 bits per heavy atom. The molecule has 3 heterocycles. The summed E-state index contributed by atoms with van der Waals surface area (Å²) in [7, 11) is 1.65. The Hall–Kier alpha value is -3.64. The van der Waals surface area contributed by atoms with Crippen molar-refractivity contribution in [2.45, 2.75) is 26.5 Å². The van der Waals surface area contributed by atoms with Crippen molar-refractivity contribution in [2.24, 2.45) is 12.8 Å². The van der Waals surface area contributed by atoms with Crippen molar-refractivity contribution in [3.05, 3.63) is 42.3 Å². The lowest BCUT2D eigenvalue weighted by molar-refractivity contribution is -0.147. The molecule has 2 atom stereocenters. The summed E-state index contributed by atoms with van der Waals surface area (Å²) in [6.07, 6.45) is 0.192. The second-order valence-corrected chi connectivity index (χ2v) is 7.23. The van der Waals surface area contributed by atoms with Crippen LogP contribution in [0.4, 0.5) is 14.9 Å². The number of esters is 1. The summed E-state index contributed by atoms with van der Waals surface area (Å²) in [5.41, 5.74) is 7.13. The fraction of sp³-hybridized carbons (Fsp3) is 0.333. The first-order valence-corrected chi connectivity index (χ1v) is 9.72. The molecule has 0 spiro atoms. The van der Waals surface area contributed by atoms with Crippen LogP contribution in [0.5, 0.6) is 0 Å². The van der Waals surface area contributed by atoms with Crippen molar-refractivity contribution in [1.82, 2.24) is 25.2 Å². The fourth-order valence-electron chi connectivity index (χ4n) is 3.10. The van der Waals surface area contributed by atoms with E-state index in [2.05, 4.69) is 20.4 Å². The Morgan fingerprint density at radius 1 is 1.35 bits per heavy atom. The fourth-order valence-corrected chi connectivity index (χ4v) is 3.10. The number of benzene rings is 1. The van der Waals surface area contributed by atoms with Crippen molar-refractivity contribution in [3.8, 4) is 22.6 Å². The van der Waals surface area contributed by atoms with Gasteiger partial charge in [0.05, 0.1) is 19.3 Å². The maximum Gasteiger partial charge on any atom is 0.414 e. The molecule has 13 heteroatoms. The van der Waals surface area contributed by atoms with Gasteiger partial charge in [-0.3, -0.25) is 14.7 Å². The van der Waals surface area contributed by atoms with E-state index in [1.807, 2.05) is 0 Å². The number of nitrogens with two attached hydrogens (primary N) is 1. The van der Waals surface area contributed by atoms with Gasteiger partial charge in [0.25, 0.3) is 0 Å². The van der Waals surface area contributed by atoms with Crippen molar-refractivity contribution >= 4 is 17.7 Å². The summed E-state index contributed by atoms with van der Waals surface area (Å²) in [4.78, 5) is 30.5. The molecule has 1 aliphatic rings. The number of cyclic esters (lactones) is 1. The second kappa shape index (κ2) is 11.0. The summed E-state index contributed by atoms with van der Waals surface area (Å²) < 4.78 is 25.0. The smallest absolute Gasteiger partial charge is 0.414 e. The minimum atomic E-state index is -0.773. The molecule has 1 aliphatic heterocycles. The molecular formula is C21H24ClFN7O4-. The predicted octanol–water partition coefficient (Wildman–Crippen LogP) is -1.07.